The average molecular weight is 270 g/mol. The summed E-state index contributed by atoms with van der Waals surface area (Å²) < 4.78 is 0. The number of carbonyl (C=O) groups is 1. The third-order valence-corrected chi connectivity index (χ3v) is 3.25. The summed E-state index contributed by atoms with van der Waals surface area (Å²) in [5, 5.41) is 3.70. The van der Waals surface area contributed by atoms with Crippen LogP contribution in [0.4, 0.5) is 11.4 Å². The molecule has 0 aromatic heterocycles. The van der Waals surface area contributed by atoms with E-state index in [0.29, 0.717) is 27.9 Å². The quantitative estimate of drug-likeness (QED) is 0.719. The lowest BCUT2D eigenvalue weighted by Crippen LogP contribution is -2.27. The molecule has 0 radical (unpaired) electrons. The topological polar surface area (TPSA) is 81.1 Å². The number of nitrogen functional groups attached to an aromatic ring is 1. The summed E-state index contributed by atoms with van der Waals surface area (Å²) >= 11 is 6.13. The summed E-state index contributed by atoms with van der Waals surface area (Å²) in [6.07, 6.45) is 0.927. The summed E-state index contributed by atoms with van der Waals surface area (Å²) in [6, 6.07) is 3.39. The Labute approximate surface area is 113 Å². The highest BCUT2D eigenvalue weighted by molar-refractivity contribution is 6.34. The van der Waals surface area contributed by atoms with Crippen LogP contribution in [0.25, 0.3) is 0 Å². The minimum Gasteiger partial charge on any atom is -0.399 e. The lowest BCUT2D eigenvalue weighted by Gasteiger charge is -2.24. The monoisotopic (exact) mass is 269 g/mol. The maximum absolute atomic E-state index is 11.4. The standard InChI is InChI=1S/C13H20ClN3O/c1-4-11(7(2)3)17-12-9(13(16)18)5-8(15)6-10(12)14/h5-7,11,17H,4,15H2,1-3H3,(H2,16,18). The van der Waals surface area contributed by atoms with Crippen molar-refractivity contribution in [2.75, 3.05) is 11.1 Å². The van der Waals surface area contributed by atoms with Gasteiger partial charge in [0.2, 0.25) is 0 Å². The van der Waals surface area contributed by atoms with Gasteiger partial charge in [-0.25, -0.2) is 0 Å². The van der Waals surface area contributed by atoms with E-state index in [0.717, 1.165) is 6.42 Å². The van der Waals surface area contributed by atoms with Crippen LogP contribution in [0.15, 0.2) is 12.1 Å². The highest BCUT2D eigenvalue weighted by Gasteiger charge is 2.18. The Morgan fingerprint density at radius 3 is 2.50 bits per heavy atom. The van der Waals surface area contributed by atoms with Gasteiger partial charge in [-0.3, -0.25) is 4.79 Å². The lowest BCUT2D eigenvalue weighted by molar-refractivity contribution is 0.100. The van der Waals surface area contributed by atoms with E-state index in [1.807, 2.05) is 0 Å². The fourth-order valence-electron chi connectivity index (χ4n) is 1.89. The van der Waals surface area contributed by atoms with Crippen LogP contribution in [0.1, 0.15) is 37.6 Å². The van der Waals surface area contributed by atoms with Gasteiger partial charge in [0.05, 0.1) is 16.3 Å². The zero-order chi connectivity index (χ0) is 13.9. The van der Waals surface area contributed by atoms with Crippen molar-refractivity contribution in [3.05, 3.63) is 22.7 Å². The normalized spacial score (nSPS) is 12.5. The zero-order valence-corrected chi connectivity index (χ0v) is 11.7. The Morgan fingerprint density at radius 2 is 2.06 bits per heavy atom. The molecule has 0 fully saturated rings. The Morgan fingerprint density at radius 1 is 1.44 bits per heavy atom. The van der Waals surface area contributed by atoms with Crippen molar-refractivity contribution < 1.29 is 4.79 Å². The van der Waals surface area contributed by atoms with Crippen LogP contribution in [0.2, 0.25) is 5.02 Å². The molecular weight excluding hydrogens is 250 g/mol. The minimum atomic E-state index is -0.537. The minimum absolute atomic E-state index is 0.226. The predicted octanol–water partition coefficient (Wildman–Crippen LogP) is 2.87. The van der Waals surface area contributed by atoms with Gasteiger partial charge in [0, 0.05) is 11.7 Å². The van der Waals surface area contributed by atoms with E-state index >= 15 is 0 Å². The van der Waals surface area contributed by atoms with Gasteiger partial charge in [-0.15, -0.1) is 0 Å². The van der Waals surface area contributed by atoms with Crippen LogP contribution < -0.4 is 16.8 Å². The number of carbonyl (C=O) groups excluding carboxylic acids is 1. The summed E-state index contributed by atoms with van der Waals surface area (Å²) in [5.41, 5.74) is 12.4. The van der Waals surface area contributed by atoms with Gasteiger partial charge in [-0.2, -0.15) is 0 Å². The average Bonchev–Trinajstić information content (AvgIpc) is 2.26. The van der Waals surface area contributed by atoms with Gasteiger partial charge < -0.3 is 16.8 Å². The van der Waals surface area contributed by atoms with E-state index in [4.69, 9.17) is 23.1 Å². The lowest BCUT2D eigenvalue weighted by atomic mass is 10.0. The molecule has 1 aromatic rings. The second-order valence-corrected chi connectivity index (χ2v) is 5.10. The maximum Gasteiger partial charge on any atom is 0.250 e. The number of nitrogens with two attached hydrogens (primary N) is 2. The molecule has 0 bridgehead atoms. The highest BCUT2D eigenvalue weighted by atomic mass is 35.5. The molecule has 1 aromatic carbocycles. The number of nitrogens with one attached hydrogen (secondary N) is 1. The van der Waals surface area contributed by atoms with Crippen molar-refractivity contribution in [2.24, 2.45) is 11.7 Å². The van der Waals surface area contributed by atoms with Crippen LogP contribution in [0.5, 0.6) is 0 Å². The summed E-state index contributed by atoms with van der Waals surface area (Å²) in [5.74, 6) is -0.116. The van der Waals surface area contributed by atoms with E-state index in [1.54, 1.807) is 12.1 Å². The first-order chi connectivity index (χ1) is 8.36. The van der Waals surface area contributed by atoms with Gasteiger partial charge in [-0.1, -0.05) is 32.4 Å². The molecule has 5 heteroatoms. The fraction of sp³-hybridized carbons (Fsp3) is 0.462. The van der Waals surface area contributed by atoms with E-state index in [2.05, 4.69) is 26.1 Å². The summed E-state index contributed by atoms with van der Waals surface area (Å²) in [4.78, 5) is 11.4. The molecule has 0 saturated heterocycles. The number of amides is 1. The number of anilines is 2. The van der Waals surface area contributed by atoms with Gasteiger partial charge in [0.15, 0.2) is 0 Å². The molecule has 0 heterocycles. The smallest absolute Gasteiger partial charge is 0.250 e. The molecule has 4 nitrogen and oxygen atoms in total. The van der Waals surface area contributed by atoms with Crippen molar-refractivity contribution in [1.29, 1.82) is 0 Å². The Kier molecular flexibility index (Phi) is 4.84. The predicted molar refractivity (Wildman–Crippen MR) is 76.9 cm³/mol. The molecule has 18 heavy (non-hydrogen) atoms. The fourth-order valence-corrected chi connectivity index (χ4v) is 2.18. The van der Waals surface area contributed by atoms with Gasteiger partial charge in [0.25, 0.3) is 5.91 Å². The first kappa shape index (κ1) is 14.6. The molecule has 1 amide bonds. The highest BCUT2D eigenvalue weighted by Crippen LogP contribution is 2.30. The number of halogens is 1. The largest absolute Gasteiger partial charge is 0.399 e. The van der Waals surface area contributed by atoms with Gasteiger partial charge in [0.1, 0.15) is 0 Å². The number of benzene rings is 1. The van der Waals surface area contributed by atoms with Crippen molar-refractivity contribution >= 4 is 28.9 Å². The molecule has 1 rings (SSSR count). The third kappa shape index (κ3) is 3.29. The van der Waals surface area contributed by atoms with Crippen LogP contribution >= 0.6 is 11.6 Å². The number of primary amides is 1. The molecular formula is C13H20ClN3O. The molecule has 0 aliphatic carbocycles. The number of hydrogen-bond donors (Lipinski definition) is 3. The van der Waals surface area contributed by atoms with E-state index < -0.39 is 5.91 Å². The summed E-state index contributed by atoms with van der Waals surface area (Å²) in [7, 11) is 0. The molecule has 0 saturated carbocycles. The number of rotatable bonds is 5. The van der Waals surface area contributed by atoms with Crippen molar-refractivity contribution in [1.82, 2.24) is 0 Å². The number of hydrogen-bond acceptors (Lipinski definition) is 3. The van der Waals surface area contributed by atoms with E-state index in [-0.39, 0.29) is 6.04 Å². The zero-order valence-electron chi connectivity index (χ0n) is 11.0. The second-order valence-electron chi connectivity index (χ2n) is 4.69. The molecule has 0 spiro atoms. The molecule has 1 unspecified atom stereocenters. The first-order valence-electron chi connectivity index (χ1n) is 6.02. The van der Waals surface area contributed by atoms with Crippen LogP contribution in [0, 0.1) is 5.92 Å². The Bertz CT molecular complexity index is 446. The van der Waals surface area contributed by atoms with Crippen LogP contribution in [-0.4, -0.2) is 11.9 Å². The van der Waals surface area contributed by atoms with Crippen molar-refractivity contribution in [2.45, 2.75) is 33.2 Å². The molecule has 0 aliphatic heterocycles. The molecule has 5 N–H and O–H groups in total. The Hall–Kier alpha value is -1.42. The maximum atomic E-state index is 11.4. The van der Waals surface area contributed by atoms with Crippen LogP contribution in [0.3, 0.4) is 0 Å². The van der Waals surface area contributed by atoms with Crippen LogP contribution in [-0.2, 0) is 0 Å². The third-order valence-electron chi connectivity index (χ3n) is 2.95. The first-order valence-corrected chi connectivity index (χ1v) is 6.40. The molecule has 1 atom stereocenters. The SMILES string of the molecule is CCC(Nc1c(Cl)cc(N)cc1C(N)=O)C(C)C. The molecule has 0 aliphatic rings. The summed E-state index contributed by atoms with van der Waals surface area (Å²) in [6.45, 7) is 6.29. The van der Waals surface area contributed by atoms with Gasteiger partial charge in [-0.05, 0) is 24.5 Å². The van der Waals surface area contributed by atoms with Crippen molar-refractivity contribution in [3.63, 3.8) is 0 Å². The van der Waals surface area contributed by atoms with Crippen molar-refractivity contribution in [3.8, 4) is 0 Å². The van der Waals surface area contributed by atoms with E-state index in [1.165, 1.54) is 0 Å². The second kappa shape index (κ2) is 5.96. The van der Waals surface area contributed by atoms with Gasteiger partial charge >= 0.3 is 0 Å². The molecule has 100 valence electrons. The Balaban J connectivity index is 3.18. The van der Waals surface area contributed by atoms with E-state index in [9.17, 15) is 4.79 Å².